The third kappa shape index (κ3) is 5.91. The van der Waals surface area contributed by atoms with Gasteiger partial charge in [-0.3, -0.25) is 9.36 Å². The fraction of sp³-hybridized carbons (Fsp3) is 0.611. The van der Waals surface area contributed by atoms with Gasteiger partial charge in [-0.2, -0.15) is 13.2 Å². The van der Waals surface area contributed by atoms with Gasteiger partial charge in [0.25, 0.3) is 0 Å². The van der Waals surface area contributed by atoms with E-state index in [4.69, 9.17) is 4.42 Å². The minimum Gasteiger partial charge on any atom is -0.467 e. The quantitative estimate of drug-likeness (QED) is 0.678. The molecule has 1 saturated heterocycles. The number of thioether (sulfide) groups is 1. The summed E-state index contributed by atoms with van der Waals surface area (Å²) in [5.41, 5.74) is 0. The van der Waals surface area contributed by atoms with E-state index in [1.54, 1.807) is 19.3 Å². The van der Waals surface area contributed by atoms with E-state index in [0.717, 1.165) is 37.7 Å². The van der Waals surface area contributed by atoms with Gasteiger partial charge in [-0.05, 0) is 37.8 Å². The van der Waals surface area contributed by atoms with Gasteiger partial charge in [0.1, 0.15) is 12.3 Å². The van der Waals surface area contributed by atoms with E-state index in [9.17, 15) is 18.0 Å². The molecule has 0 saturated carbocycles. The van der Waals surface area contributed by atoms with Gasteiger partial charge in [0, 0.05) is 13.1 Å². The second kappa shape index (κ2) is 9.10. The fourth-order valence-electron chi connectivity index (χ4n) is 3.05. The first-order chi connectivity index (χ1) is 13.7. The summed E-state index contributed by atoms with van der Waals surface area (Å²) in [7, 11) is 0. The molecule has 0 aliphatic carbocycles. The van der Waals surface area contributed by atoms with Gasteiger partial charge >= 0.3 is 6.18 Å². The molecule has 2 aromatic heterocycles. The zero-order valence-electron chi connectivity index (χ0n) is 16.3. The van der Waals surface area contributed by atoms with Crippen molar-refractivity contribution < 1.29 is 22.4 Å². The Morgan fingerprint density at radius 2 is 2.10 bits per heavy atom. The van der Waals surface area contributed by atoms with E-state index in [0.29, 0.717) is 29.3 Å². The number of alkyl halides is 3. The molecule has 3 heterocycles. The van der Waals surface area contributed by atoms with Crippen LogP contribution in [-0.2, 0) is 11.3 Å². The van der Waals surface area contributed by atoms with Gasteiger partial charge in [-0.1, -0.05) is 18.7 Å². The van der Waals surface area contributed by atoms with E-state index < -0.39 is 23.9 Å². The van der Waals surface area contributed by atoms with Crippen molar-refractivity contribution in [3.63, 3.8) is 0 Å². The topological polar surface area (TPSA) is 76.2 Å². The van der Waals surface area contributed by atoms with E-state index >= 15 is 0 Å². The van der Waals surface area contributed by atoms with Crippen molar-refractivity contribution in [2.24, 2.45) is 5.92 Å². The predicted molar refractivity (Wildman–Crippen MR) is 103 cm³/mol. The van der Waals surface area contributed by atoms with Crippen LogP contribution >= 0.6 is 11.8 Å². The van der Waals surface area contributed by atoms with Crippen molar-refractivity contribution in [2.75, 3.05) is 24.5 Å². The van der Waals surface area contributed by atoms with Gasteiger partial charge in [-0.15, -0.1) is 10.2 Å². The molecule has 1 N–H and O–H groups in total. The molecule has 0 aromatic carbocycles. The Labute approximate surface area is 171 Å². The lowest BCUT2D eigenvalue weighted by atomic mass is 10.00. The maximum Gasteiger partial charge on any atom is 0.405 e. The van der Waals surface area contributed by atoms with Crippen LogP contribution in [0.5, 0.6) is 0 Å². The number of nitrogens with one attached hydrogen (secondary N) is 1. The Morgan fingerprint density at radius 3 is 2.72 bits per heavy atom. The Hall–Kier alpha value is -2.17. The molecule has 0 radical (unpaired) electrons. The molecule has 1 unspecified atom stereocenters. The number of hydrogen-bond acceptors (Lipinski definition) is 6. The highest BCUT2D eigenvalue weighted by atomic mass is 32.2. The van der Waals surface area contributed by atoms with Crippen molar-refractivity contribution >= 4 is 23.6 Å². The number of nitrogens with zero attached hydrogens (tertiary/aromatic N) is 4. The van der Waals surface area contributed by atoms with Crippen LogP contribution in [0, 0.1) is 5.92 Å². The number of anilines is 1. The highest BCUT2D eigenvalue weighted by Gasteiger charge is 2.30. The standard InChI is InChI=1S/C18H24F3N5O2S/c1-12-5-7-25(8-6-12)16-23-24-17(26(16)10-14-4-3-9-28-14)29-13(2)15(27)22-11-18(19,20)21/h3-4,9,12-13H,5-8,10-11H2,1-2H3,(H,22,27). The van der Waals surface area contributed by atoms with Crippen molar-refractivity contribution in [1.82, 2.24) is 20.1 Å². The van der Waals surface area contributed by atoms with E-state index in [1.165, 1.54) is 0 Å². The van der Waals surface area contributed by atoms with Crippen molar-refractivity contribution in [3.05, 3.63) is 24.2 Å². The molecule has 11 heteroatoms. The Kier molecular flexibility index (Phi) is 6.76. The van der Waals surface area contributed by atoms with Crippen LogP contribution in [0.15, 0.2) is 28.0 Å². The second-order valence-corrected chi connectivity index (χ2v) is 8.52. The normalized spacial score (nSPS) is 16.8. The summed E-state index contributed by atoms with van der Waals surface area (Å²) in [6.07, 6.45) is -0.779. The van der Waals surface area contributed by atoms with Crippen molar-refractivity contribution in [3.8, 4) is 0 Å². The zero-order chi connectivity index (χ0) is 21.0. The van der Waals surface area contributed by atoms with Crippen LogP contribution in [0.1, 0.15) is 32.4 Å². The lowest BCUT2D eigenvalue weighted by molar-refractivity contribution is -0.137. The van der Waals surface area contributed by atoms with Crippen LogP contribution in [0.2, 0.25) is 0 Å². The minimum absolute atomic E-state index is 0.376. The molecule has 1 amide bonds. The number of furan rings is 1. The maximum absolute atomic E-state index is 12.4. The molecular weight excluding hydrogens is 407 g/mol. The molecule has 7 nitrogen and oxygen atoms in total. The average molecular weight is 431 g/mol. The van der Waals surface area contributed by atoms with E-state index in [-0.39, 0.29) is 0 Å². The largest absolute Gasteiger partial charge is 0.467 e. The van der Waals surface area contributed by atoms with Gasteiger partial charge in [0.15, 0.2) is 5.16 Å². The molecule has 1 aliphatic rings. The first-order valence-electron chi connectivity index (χ1n) is 9.44. The summed E-state index contributed by atoms with van der Waals surface area (Å²) in [5.74, 6) is 1.33. The fourth-order valence-corrected chi connectivity index (χ4v) is 3.92. The lowest BCUT2D eigenvalue weighted by Gasteiger charge is -2.31. The number of aromatic nitrogens is 3. The number of carbonyl (C=O) groups excluding carboxylic acids is 1. The SMILES string of the molecule is CC1CCN(c2nnc(SC(C)C(=O)NCC(F)(F)F)n2Cc2ccco2)CC1. The van der Waals surface area contributed by atoms with Crippen molar-refractivity contribution in [2.45, 2.75) is 49.8 Å². The van der Waals surface area contributed by atoms with Crippen LogP contribution in [-0.4, -0.2) is 51.7 Å². The zero-order valence-corrected chi connectivity index (χ0v) is 17.1. The number of carbonyl (C=O) groups is 1. The first kappa shape index (κ1) is 21.5. The van der Waals surface area contributed by atoms with Crippen LogP contribution in [0.25, 0.3) is 0 Å². The number of amides is 1. The van der Waals surface area contributed by atoms with Gasteiger partial charge < -0.3 is 14.6 Å². The van der Waals surface area contributed by atoms with E-state index in [1.807, 2.05) is 16.0 Å². The molecule has 2 aromatic rings. The summed E-state index contributed by atoms with van der Waals surface area (Å²) in [6.45, 7) is 4.49. The molecule has 160 valence electrons. The number of hydrogen-bond donors (Lipinski definition) is 1. The smallest absolute Gasteiger partial charge is 0.405 e. The molecule has 29 heavy (non-hydrogen) atoms. The maximum atomic E-state index is 12.4. The Bertz CT molecular complexity index is 801. The minimum atomic E-state index is -4.45. The Morgan fingerprint density at radius 1 is 1.38 bits per heavy atom. The summed E-state index contributed by atoms with van der Waals surface area (Å²) >= 11 is 1.08. The molecule has 1 fully saturated rings. The third-order valence-corrected chi connectivity index (χ3v) is 5.85. The lowest BCUT2D eigenvalue weighted by Crippen LogP contribution is -2.38. The molecule has 1 aliphatic heterocycles. The average Bonchev–Trinajstić information content (AvgIpc) is 3.31. The predicted octanol–water partition coefficient (Wildman–Crippen LogP) is 3.31. The highest BCUT2D eigenvalue weighted by Crippen LogP contribution is 2.29. The third-order valence-electron chi connectivity index (χ3n) is 4.77. The monoisotopic (exact) mass is 431 g/mol. The van der Waals surface area contributed by atoms with E-state index in [2.05, 4.69) is 22.0 Å². The van der Waals surface area contributed by atoms with Gasteiger partial charge in [0.05, 0.1) is 18.1 Å². The van der Waals surface area contributed by atoms with Crippen LogP contribution in [0.4, 0.5) is 19.1 Å². The first-order valence-corrected chi connectivity index (χ1v) is 10.3. The summed E-state index contributed by atoms with van der Waals surface area (Å²) in [6, 6.07) is 3.61. The molecule has 0 spiro atoms. The van der Waals surface area contributed by atoms with Crippen molar-refractivity contribution in [1.29, 1.82) is 0 Å². The summed E-state index contributed by atoms with van der Waals surface area (Å²) < 4.78 is 44.4. The van der Waals surface area contributed by atoms with Gasteiger partial charge in [0.2, 0.25) is 11.9 Å². The second-order valence-electron chi connectivity index (χ2n) is 7.21. The van der Waals surface area contributed by atoms with Crippen LogP contribution in [0.3, 0.4) is 0 Å². The summed E-state index contributed by atoms with van der Waals surface area (Å²) in [4.78, 5) is 14.2. The summed E-state index contributed by atoms with van der Waals surface area (Å²) in [5, 5.41) is 10.1. The molecule has 1 atom stereocenters. The number of rotatable bonds is 7. The molecule has 3 rings (SSSR count). The Balaban J connectivity index is 1.76. The van der Waals surface area contributed by atoms with Crippen LogP contribution < -0.4 is 10.2 Å². The highest BCUT2D eigenvalue weighted by molar-refractivity contribution is 8.00. The number of piperidine rings is 1. The molecular formula is C18H24F3N5O2S. The van der Waals surface area contributed by atoms with Gasteiger partial charge in [-0.25, -0.2) is 0 Å². The molecule has 0 bridgehead atoms. The number of halogens is 3.